The number of hydrogen-bond donors (Lipinski definition) is 2. The molecule has 3 atom stereocenters. The number of benzene rings is 1. The molecular weight excluding hydrogens is 362 g/mol. The highest BCUT2D eigenvalue weighted by Crippen LogP contribution is 2.29. The Morgan fingerprint density at radius 3 is 2.74 bits per heavy atom. The number of carbonyl (C=O) groups is 2. The quantitative estimate of drug-likeness (QED) is 0.790. The van der Waals surface area contributed by atoms with Crippen molar-refractivity contribution < 1.29 is 19.4 Å². The molecule has 1 fully saturated rings. The largest absolute Gasteiger partial charge is 0.488 e. The fourth-order valence-electron chi connectivity index (χ4n) is 2.84. The smallest absolute Gasteiger partial charge is 0.306 e. The zero-order valence-electron chi connectivity index (χ0n) is 13.1. The highest BCUT2D eigenvalue weighted by Gasteiger charge is 2.31. The molecule has 0 aromatic heterocycles. The van der Waals surface area contributed by atoms with Gasteiger partial charge in [0.05, 0.1) is 16.9 Å². The number of carboxylic acids is 1. The zero-order chi connectivity index (χ0) is 16.8. The van der Waals surface area contributed by atoms with Crippen LogP contribution in [0.1, 0.15) is 32.6 Å². The van der Waals surface area contributed by atoms with Crippen LogP contribution in [0.25, 0.3) is 0 Å². The minimum Gasteiger partial charge on any atom is -0.488 e. The first-order chi connectivity index (χ1) is 11.0. The van der Waals surface area contributed by atoms with Crippen LogP contribution in [0.15, 0.2) is 28.7 Å². The third kappa shape index (κ3) is 5.23. The van der Waals surface area contributed by atoms with Gasteiger partial charge >= 0.3 is 5.97 Å². The van der Waals surface area contributed by atoms with E-state index in [-0.39, 0.29) is 17.9 Å². The maximum atomic E-state index is 12.2. The van der Waals surface area contributed by atoms with Gasteiger partial charge in [-0.1, -0.05) is 18.6 Å². The van der Waals surface area contributed by atoms with Gasteiger partial charge in [-0.3, -0.25) is 9.59 Å². The van der Waals surface area contributed by atoms with Gasteiger partial charge in [-0.2, -0.15) is 0 Å². The van der Waals surface area contributed by atoms with Gasteiger partial charge in [0.1, 0.15) is 11.9 Å². The topological polar surface area (TPSA) is 75.6 Å². The van der Waals surface area contributed by atoms with Gasteiger partial charge < -0.3 is 15.2 Å². The Kier molecular flexibility index (Phi) is 6.45. The summed E-state index contributed by atoms with van der Waals surface area (Å²) >= 11 is 3.42. The minimum absolute atomic E-state index is 0.0708. The molecule has 0 heterocycles. The second kappa shape index (κ2) is 8.34. The number of rotatable bonds is 6. The first kappa shape index (κ1) is 17.8. The Morgan fingerprint density at radius 2 is 2.04 bits per heavy atom. The fourth-order valence-corrected chi connectivity index (χ4v) is 3.22. The molecule has 1 aromatic rings. The van der Waals surface area contributed by atoms with Gasteiger partial charge in [-0.05, 0) is 54.2 Å². The van der Waals surface area contributed by atoms with Crippen LogP contribution in [-0.2, 0) is 9.59 Å². The van der Waals surface area contributed by atoms with Crippen molar-refractivity contribution in [2.75, 3.05) is 6.54 Å². The lowest BCUT2D eigenvalue weighted by Crippen LogP contribution is -2.39. The maximum Gasteiger partial charge on any atom is 0.306 e. The van der Waals surface area contributed by atoms with E-state index in [9.17, 15) is 9.59 Å². The van der Waals surface area contributed by atoms with Crippen LogP contribution < -0.4 is 10.1 Å². The van der Waals surface area contributed by atoms with Crippen LogP contribution in [-0.4, -0.2) is 29.6 Å². The van der Waals surface area contributed by atoms with Crippen molar-refractivity contribution in [1.82, 2.24) is 5.32 Å². The van der Waals surface area contributed by atoms with Gasteiger partial charge in [-0.25, -0.2) is 0 Å². The molecule has 1 aliphatic rings. The summed E-state index contributed by atoms with van der Waals surface area (Å²) in [6.07, 6.45) is 2.48. The van der Waals surface area contributed by atoms with E-state index >= 15 is 0 Å². The molecule has 0 saturated heterocycles. The molecule has 1 amide bonds. The Balaban J connectivity index is 1.79. The summed E-state index contributed by atoms with van der Waals surface area (Å²) in [5.41, 5.74) is 0. The van der Waals surface area contributed by atoms with Gasteiger partial charge in [0.2, 0.25) is 5.91 Å². The van der Waals surface area contributed by atoms with E-state index in [4.69, 9.17) is 9.84 Å². The number of carbonyl (C=O) groups excluding carboxylic acids is 1. The van der Waals surface area contributed by atoms with Gasteiger partial charge in [0.25, 0.3) is 0 Å². The highest BCUT2D eigenvalue weighted by molar-refractivity contribution is 9.10. The Bertz CT molecular complexity index is 563. The standard InChI is InChI=1S/C17H22BrNO4/c1-11(23-15-8-3-2-7-14(15)18)10-19-16(20)12-5-4-6-13(9-12)17(21)22/h2-3,7-8,11-13H,4-6,9-10H2,1H3,(H,19,20)(H,21,22). The van der Waals surface area contributed by atoms with Crippen molar-refractivity contribution in [2.45, 2.75) is 38.7 Å². The molecule has 0 bridgehead atoms. The molecule has 2 rings (SSSR count). The number of hydrogen-bond acceptors (Lipinski definition) is 3. The SMILES string of the molecule is CC(CNC(=O)C1CCCC(C(=O)O)C1)Oc1ccccc1Br. The van der Waals surface area contributed by atoms with Crippen LogP contribution in [0.5, 0.6) is 5.75 Å². The lowest BCUT2D eigenvalue weighted by Gasteiger charge is -2.26. The molecule has 5 nitrogen and oxygen atoms in total. The van der Waals surface area contributed by atoms with E-state index in [0.29, 0.717) is 19.4 Å². The molecule has 0 radical (unpaired) electrons. The van der Waals surface area contributed by atoms with E-state index in [1.54, 1.807) is 0 Å². The molecule has 1 aromatic carbocycles. The summed E-state index contributed by atoms with van der Waals surface area (Å²) < 4.78 is 6.66. The molecule has 1 aliphatic carbocycles. The molecule has 23 heavy (non-hydrogen) atoms. The number of carboxylic acid groups (broad SMARTS) is 1. The number of amides is 1. The normalized spacial score (nSPS) is 22.2. The lowest BCUT2D eigenvalue weighted by molar-refractivity contribution is -0.144. The Morgan fingerprint density at radius 1 is 1.35 bits per heavy atom. The number of para-hydroxylation sites is 1. The van der Waals surface area contributed by atoms with Crippen molar-refractivity contribution in [2.24, 2.45) is 11.8 Å². The summed E-state index contributed by atoms with van der Waals surface area (Å²) in [4.78, 5) is 23.3. The summed E-state index contributed by atoms with van der Waals surface area (Å²) in [5.74, 6) is -0.738. The first-order valence-corrected chi connectivity index (χ1v) is 8.68. The van der Waals surface area contributed by atoms with Crippen LogP contribution in [0.3, 0.4) is 0 Å². The van der Waals surface area contributed by atoms with Gasteiger partial charge in [0, 0.05) is 5.92 Å². The lowest BCUT2D eigenvalue weighted by atomic mass is 9.81. The third-order valence-electron chi connectivity index (χ3n) is 4.12. The van der Waals surface area contributed by atoms with Crippen molar-refractivity contribution >= 4 is 27.8 Å². The predicted molar refractivity (Wildman–Crippen MR) is 90.3 cm³/mol. The number of aliphatic carboxylic acids is 1. The van der Waals surface area contributed by atoms with Crippen LogP contribution in [0, 0.1) is 11.8 Å². The Hall–Kier alpha value is -1.56. The molecule has 6 heteroatoms. The van der Waals surface area contributed by atoms with Crippen LogP contribution in [0.4, 0.5) is 0 Å². The predicted octanol–water partition coefficient (Wildman–Crippen LogP) is 3.22. The first-order valence-electron chi connectivity index (χ1n) is 7.89. The van der Waals surface area contributed by atoms with Crippen molar-refractivity contribution in [1.29, 1.82) is 0 Å². The van der Waals surface area contributed by atoms with Gasteiger partial charge in [0.15, 0.2) is 0 Å². The number of ether oxygens (including phenoxy) is 1. The van der Waals surface area contributed by atoms with Crippen molar-refractivity contribution in [3.05, 3.63) is 28.7 Å². The molecule has 1 saturated carbocycles. The average molecular weight is 384 g/mol. The summed E-state index contributed by atoms with van der Waals surface area (Å²) in [5, 5.41) is 12.0. The van der Waals surface area contributed by atoms with Crippen molar-refractivity contribution in [3.63, 3.8) is 0 Å². The average Bonchev–Trinajstić information content (AvgIpc) is 2.55. The monoisotopic (exact) mass is 383 g/mol. The summed E-state index contributed by atoms with van der Waals surface area (Å²) in [6.45, 7) is 2.29. The molecule has 0 spiro atoms. The number of halogens is 1. The zero-order valence-corrected chi connectivity index (χ0v) is 14.7. The van der Waals surface area contributed by atoms with E-state index < -0.39 is 11.9 Å². The van der Waals surface area contributed by atoms with Crippen LogP contribution >= 0.6 is 15.9 Å². The maximum absolute atomic E-state index is 12.2. The van der Waals surface area contributed by atoms with E-state index in [1.165, 1.54) is 0 Å². The summed E-state index contributed by atoms with van der Waals surface area (Å²) in [6, 6.07) is 7.56. The third-order valence-corrected chi connectivity index (χ3v) is 4.78. The second-order valence-corrected chi connectivity index (χ2v) is 6.86. The van der Waals surface area contributed by atoms with E-state index in [0.717, 1.165) is 23.1 Å². The molecule has 126 valence electrons. The molecule has 2 N–H and O–H groups in total. The second-order valence-electron chi connectivity index (χ2n) is 6.00. The minimum atomic E-state index is -0.798. The fraction of sp³-hybridized carbons (Fsp3) is 0.529. The van der Waals surface area contributed by atoms with E-state index in [2.05, 4.69) is 21.2 Å². The summed E-state index contributed by atoms with van der Waals surface area (Å²) in [7, 11) is 0. The Labute approximate surface area is 144 Å². The molecule has 0 aliphatic heterocycles. The molecular formula is C17H22BrNO4. The highest BCUT2D eigenvalue weighted by atomic mass is 79.9. The molecule has 3 unspecified atom stereocenters. The number of nitrogens with one attached hydrogen (secondary N) is 1. The van der Waals surface area contributed by atoms with E-state index in [1.807, 2.05) is 31.2 Å². The van der Waals surface area contributed by atoms with Gasteiger partial charge in [-0.15, -0.1) is 0 Å². The van der Waals surface area contributed by atoms with Crippen LogP contribution in [0.2, 0.25) is 0 Å². The van der Waals surface area contributed by atoms with Crippen molar-refractivity contribution in [3.8, 4) is 5.75 Å².